The van der Waals surface area contributed by atoms with Crippen LogP contribution in [-0.2, 0) is 24.2 Å². The Bertz CT molecular complexity index is 1050. The van der Waals surface area contributed by atoms with Gasteiger partial charge in [0.15, 0.2) is 0 Å². The van der Waals surface area contributed by atoms with Crippen LogP contribution < -0.4 is 10.2 Å². The molecule has 1 heterocycles. The van der Waals surface area contributed by atoms with E-state index in [0.717, 1.165) is 30.8 Å². The van der Waals surface area contributed by atoms with Gasteiger partial charge in [0.1, 0.15) is 5.82 Å². The van der Waals surface area contributed by atoms with Crippen molar-refractivity contribution in [3.8, 4) is 0 Å². The molecule has 0 saturated heterocycles. The van der Waals surface area contributed by atoms with Crippen LogP contribution in [0.1, 0.15) is 28.3 Å². The second-order valence-corrected chi connectivity index (χ2v) is 8.60. The van der Waals surface area contributed by atoms with E-state index in [2.05, 4.69) is 63.6 Å². The summed E-state index contributed by atoms with van der Waals surface area (Å²) >= 11 is 0. The first-order chi connectivity index (χ1) is 15.5. The molecular formula is C27H30FN3O. The number of anilines is 1. The highest BCUT2D eigenvalue weighted by Crippen LogP contribution is 2.28. The molecule has 0 radical (unpaired) electrons. The molecule has 0 spiro atoms. The molecule has 0 fully saturated rings. The number of fused-ring (bicyclic) bond motifs is 1. The molecule has 0 aliphatic carbocycles. The normalized spacial score (nSPS) is 14.5. The summed E-state index contributed by atoms with van der Waals surface area (Å²) < 4.78 is 13.1. The minimum atomic E-state index is -0.291. The van der Waals surface area contributed by atoms with E-state index in [0.29, 0.717) is 6.54 Å². The van der Waals surface area contributed by atoms with Gasteiger partial charge in [-0.1, -0.05) is 48.5 Å². The average molecular weight is 432 g/mol. The molecule has 0 bridgehead atoms. The van der Waals surface area contributed by atoms with E-state index in [1.807, 2.05) is 14.1 Å². The minimum Gasteiger partial charge on any atom is -0.378 e. The third-order valence-corrected chi connectivity index (χ3v) is 6.17. The first kappa shape index (κ1) is 22.0. The van der Waals surface area contributed by atoms with Crippen LogP contribution in [0.4, 0.5) is 10.1 Å². The fourth-order valence-corrected chi connectivity index (χ4v) is 4.30. The Labute approximate surface area is 189 Å². The number of nitrogens with zero attached hydrogens (tertiary/aromatic N) is 2. The van der Waals surface area contributed by atoms with Gasteiger partial charge in [0.2, 0.25) is 5.91 Å². The van der Waals surface area contributed by atoms with Crippen molar-refractivity contribution in [2.45, 2.75) is 25.4 Å². The lowest BCUT2D eigenvalue weighted by molar-refractivity contribution is -0.120. The number of rotatable bonds is 7. The number of nitrogens with one attached hydrogen (secondary N) is 1. The van der Waals surface area contributed by atoms with Crippen molar-refractivity contribution in [1.82, 2.24) is 10.2 Å². The van der Waals surface area contributed by atoms with E-state index >= 15 is 0 Å². The van der Waals surface area contributed by atoms with E-state index in [9.17, 15) is 9.18 Å². The summed E-state index contributed by atoms with van der Waals surface area (Å²) in [4.78, 5) is 17.2. The van der Waals surface area contributed by atoms with Gasteiger partial charge in [-0.3, -0.25) is 9.69 Å². The summed E-state index contributed by atoms with van der Waals surface area (Å²) in [5, 5.41) is 3.12. The molecule has 3 aromatic carbocycles. The Kier molecular flexibility index (Phi) is 6.86. The summed E-state index contributed by atoms with van der Waals surface area (Å²) in [6.07, 6.45) is 1.25. The molecular weight excluding hydrogens is 401 g/mol. The van der Waals surface area contributed by atoms with E-state index in [1.165, 1.54) is 28.8 Å². The fourth-order valence-electron chi connectivity index (χ4n) is 4.30. The van der Waals surface area contributed by atoms with Gasteiger partial charge in [0.05, 0.1) is 12.5 Å². The van der Waals surface area contributed by atoms with Crippen LogP contribution >= 0.6 is 0 Å². The maximum atomic E-state index is 13.1. The van der Waals surface area contributed by atoms with Crippen LogP contribution in [-0.4, -0.2) is 38.0 Å². The van der Waals surface area contributed by atoms with E-state index < -0.39 is 0 Å². The highest BCUT2D eigenvalue weighted by atomic mass is 19.1. The Balaban J connectivity index is 1.49. The Hall–Kier alpha value is -3.18. The van der Waals surface area contributed by atoms with Gasteiger partial charge in [-0.25, -0.2) is 4.39 Å². The van der Waals surface area contributed by atoms with Crippen molar-refractivity contribution >= 4 is 11.6 Å². The molecule has 4 rings (SSSR count). The van der Waals surface area contributed by atoms with Gasteiger partial charge in [0.25, 0.3) is 0 Å². The van der Waals surface area contributed by atoms with Crippen LogP contribution in [0.2, 0.25) is 0 Å². The molecule has 0 saturated carbocycles. The second kappa shape index (κ2) is 9.96. The molecule has 0 unspecified atom stereocenters. The molecule has 3 aromatic rings. The van der Waals surface area contributed by atoms with Gasteiger partial charge in [0, 0.05) is 39.4 Å². The monoisotopic (exact) mass is 431 g/mol. The second-order valence-electron chi connectivity index (χ2n) is 8.60. The van der Waals surface area contributed by atoms with Gasteiger partial charge in [-0.2, -0.15) is 0 Å². The lowest BCUT2D eigenvalue weighted by Gasteiger charge is -2.36. The van der Waals surface area contributed by atoms with Gasteiger partial charge in [-0.05, 0) is 52.9 Å². The van der Waals surface area contributed by atoms with Crippen LogP contribution in [0.15, 0.2) is 72.8 Å². The van der Waals surface area contributed by atoms with Crippen molar-refractivity contribution in [3.05, 3.63) is 101 Å². The largest absolute Gasteiger partial charge is 0.378 e. The molecule has 4 nitrogen and oxygen atoms in total. The van der Waals surface area contributed by atoms with Crippen LogP contribution in [0, 0.1) is 5.82 Å². The van der Waals surface area contributed by atoms with Gasteiger partial charge < -0.3 is 10.2 Å². The number of halogens is 1. The molecule has 166 valence electrons. The highest BCUT2D eigenvalue weighted by molar-refractivity contribution is 5.78. The standard InChI is InChI=1S/C27H30FN3O/c1-30(2)25-13-9-22(10-14-25)26(31-16-15-21-5-3-4-6-23(21)19-31)18-29-27(32)17-20-7-11-24(28)12-8-20/h3-14,26H,15-19H2,1-2H3,(H,29,32)/t26-/m1/s1. The summed E-state index contributed by atoms with van der Waals surface area (Å²) in [5.74, 6) is -0.343. The lowest BCUT2D eigenvalue weighted by atomic mass is 9.96. The van der Waals surface area contributed by atoms with Crippen molar-refractivity contribution in [3.63, 3.8) is 0 Å². The molecule has 0 aromatic heterocycles. The number of carbonyl (C=O) groups is 1. The smallest absolute Gasteiger partial charge is 0.224 e. The third kappa shape index (κ3) is 5.35. The maximum absolute atomic E-state index is 13.1. The van der Waals surface area contributed by atoms with Gasteiger partial charge >= 0.3 is 0 Å². The van der Waals surface area contributed by atoms with Crippen molar-refractivity contribution in [1.29, 1.82) is 0 Å². The Morgan fingerprint density at radius 2 is 1.69 bits per heavy atom. The van der Waals surface area contributed by atoms with Crippen molar-refractivity contribution in [2.75, 3.05) is 32.1 Å². The molecule has 1 amide bonds. The maximum Gasteiger partial charge on any atom is 0.224 e. The zero-order valence-electron chi connectivity index (χ0n) is 18.7. The van der Waals surface area contributed by atoms with Gasteiger partial charge in [-0.15, -0.1) is 0 Å². The summed E-state index contributed by atoms with van der Waals surface area (Å²) in [5.41, 5.74) is 5.91. The number of hydrogen-bond acceptors (Lipinski definition) is 3. The minimum absolute atomic E-state index is 0.0519. The van der Waals surface area contributed by atoms with Crippen LogP contribution in [0.3, 0.4) is 0 Å². The van der Waals surface area contributed by atoms with Crippen molar-refractivity contribution < 1.29 is 9.18 Å². The fraction of sp³-hybridized carbons (Fsp3) is 0.296. The third-order valence-electron chi connectivity index (χ3n) is 6.17. The molecule has 1 aliphatic rings. The predicted octanol–water partition coefficient (Wildman–Crippen LogP) is 4.35. The number of benzene rings is 3. The van der Waals surface area contributed by atoms with Crippen LogP contribution in [0.25, 0.3) is 0 Å². The molecule has 1 aliphatic heterocycles. The predicted molar refractivity (Wildman–Crippen MR) is 127 cm³/mol. The van der Waals surface area contributed by atoms with E-state index in [4.69, 9.17) is 0 Å². The number of amides is 1. The molecule has 1 N–H and O–H groups in total. The molecule has 32 heavy (non-hydrogen) atoms. The topological polar surface area (TPSA) is 35.6 Å². The molecule has 1 atom stereocenters. The average Bonchev–Trinajstić information content (AvgIpc) is 2.81. The van der Waals surface area contributed by atoms with Crippen molar-refractivity contribution in [2.24, 2.45) is 0 Å². The lowest BCUT2D eigenvalue weighted by Crippen LogP contribution is -2.41. The first-order valence-corrected chi connectivity index (χ1v) is 11.1. The zero-order valence-corrected chi connectivity index (χ0v) is 18.7. The molecule has 5 heteroatoms. The SMILES string of the molecule is CN(C)c1ccc([C@@H](CNC(=O)Cc2ccc(F)cc2)N2CCc3ccccc3C2)cc1. The van der Waals surface area contributed by atoms with E-state index in [1.54, 1.807) is 12.1 Å². The first-order valence-electron chi connectivity index (χ1n) is 11.1. The Morgan fingerprint density at radius 1 is 1.00 bits per heavy atom. The summed E-state index contributed by atoms with van der Waals surface area (Å²) in [7, 11) is 4.06. The zero-order chi connectivity index (χ0) is 22.5. The van der Waals surface area contributed by atoms with E-state index in [-0.39, 0.29) is 24.2 Å². The van der Waals surface area contributed by atoms with Crippen LogP contribution in [0.5, 0.6) is 0 Å². The summed E-state index contributed by atoms with van der Waals surface area (Å²) in [6.45, 7) is 2.35. The number of hydrogen-bond donors (Lipinski definition) is 1. The Morgan fingerprint density at radius 3 is 2.38 bits per heavy atom. The quantitative estimate of drug-likeness (QED) is 0.604. The highest BCUT2D eigenvalue weighted by Gasteiger charge is 2.25. The summed E-state index contributed by atoms with van der Waals surface area (Å²) in [6, 6.07) is 23.3. The number of carbonyl (C=O) groups excluding carboxylic acids is 1.